The second kappa shape index (κ2) is 4.42. The van der Waals surface area contributed by atoms with Crippen LogP contribution in [-0.2, 0) is 11.2 Å². The number of hydrogen-bond acceptors (Lipinski definition) is 1. The molecule has 0 fully saturated rings. The molecule has 70 valence electrons. The number of halogens is 1. The largest absolute Gasteiger partial charge is 0.370 e. The number of nitrogens with two attached hydrogens (primary N) is 1. The molecule has 0 radical (unpaired) electrons. The van der Waals surface area contributed by atoms with Gasteiger partial charge in [0, 0.05) is 10.9 Å². The molecule has 0 bridgehead atoms. The van der Waals surface area contributed by atoms with Gasteiger partial charge in [0.15, 0.2) is 0 Å². The van der Waals surface area contributed by atoms with Gasteiger partial charge < -0.3 is 5.73 Å². The van der Waals surface area contributed by atoms with Gasteiger partial charge in [-0.15, -0.1) is 0 Å². The number of hydrogen-bond donors (Lipinski definition) is 1. The Bertz CT molecular complexity index is 323. The molecule has 2 nitrogen and oxygen atoms in total. The van der Waals surface area contributed by atoms with E-state index in [1.807, 2.05) is 25.1 Å². The highest BCUT2D eigenvalue weighted by atomic mass is 79.9. The second-order valence-corrected chi connectivity index (χ2v) is 3.92. The molecule has 0 heterocycles. The fourth-order valence-electron chi connectivity index (χ4n) is 1.11. The Morgan fingerprint density at radius 1 is 1.54 bits per heavy atom. The van der Waals surface area contributed by atoms with E-state index in [2.05, 4.69) is 15.9 Å². The molecule has 3 heteroatoms. The van der Waals surface area contributed by atoms with Gasteiger partial charge in [0.1, 0.15) is 0 Å². The molecular formula is C10H12BrNO. The normalized spacial score (nSPS) is 10.0. The Hall–Kier alpha value is -0.830. The minimum absolute atomic E-state index is 0.257. The molecule has 1 rings (SSSR count). The lowest BCUT2D eigenvalue weighted by Crippen LogP contribution is -2.11. The summed E-state index contributed by atoms with van der Waals surface area (Å²) < 4.78 is 1.05. The standard InChI is InChI=1S/C10H12BrNO/c1-7-2-3-8(9(11)6-7)4-5-10(12)13/h2-3,6H,4-5H2,1H3,(H2,12,13). The summed E-state index contributed by atoms with van der Waals surface area (Å²) in [7, 11) is 0. The Balaban J connectivity index is 2.72. The fraction of sp³-hybridized carbons (Fsp3) is 0.300. The van der Waals surface area contributed by atoms with Crippen molar-refractivity contribution in [2.45, 2.75) is 19.8 Å². The van der Waals surface area contributed by atoms with Crippen molar-refractivity contribution in [2.24, 2.45) is 5.73 Å². The van der Waals surface area contributed by atoms with Gasteiger partial charge in [-0.3, -0.25) is 4.79 Å². The minimum Gasteiger partial charge on any atom is -0.370 e. The predicted octanol–water partition coefficient (Wildman–Crippen LogP) is 2.18. The third-order valence-electron chi connectivity index (χ3n) is 1.85. The van der Waals surface area contributed by atoms with E-state index in [1.54, 1.807) is 0 Å². The van der Waals surface area contributed by atoms with Gasteiger partial charge in [0.25, 0.3) is 0 Å². The van der Waals surface area contributed by atoms with Crippen molar-refractivity contribution in [3.63, 3.8) is 0 Å². The van der Waals surface area contributed by atoms with Crippen LogP contribution in [0.1, 0.15) is 17.5 Å². The fourth-order valence-corrected chi connectivity index (χ4v) is 1.80. The molecule has 1 aromatic carbocycles. The van der Waals surface area contributed by atoms with E-state index in [9.17, 15) is 4.79 Å². The van der Waals surface area contributed by atoms with Crippen LogP contribution in [0.4, 0.5) is 0 Å². The maximum absolute atomic E-state index is 10.6. The van der Waals surface area contributed by atoms with Crippen molar-refractivity contribution in [1.29, 1.82) is 0 Å². The highest BCUT2D eigenvalue weighted by Crippen LogP contribution is 2.19. The molecule has 0 saturated carbocycles. The molecule has 0 atom stereocenters. The van der Waals surface area contributed by atoms with Gasteiger partial charge in [-0.2, -0.15) is 0 Å². The molecule has 0 aliphatic heterocycles. The first-order valence-corrected chi connectivity index (χ1v) is 4.92. The van der Waals surface area contributed by atoms with Crippen molar-refractivity contribution in [2.75, 3.05) is 0 Å². The maximum Gasteiger partial charge on any atom is 0.217 e. The smallest absolute Gasteiger partial charge is 0.217 e. The molecule has 1 amide bonds. The lowest BCUT2D eigenvalue weighted by Gasteiger charge is -2.03. The van der Waals surface area contributed by atoms with Gasteiger partial charge >= 0.3 is 0 Å². The molecular weight excluding hydrogens is 230 g/mol. The molecule has 0 aliphatic rings. The summed E-state index contributed by atoms with van der Waals surface area (Å²) >= 11 is 3.45. The van der Waals surface area contributed by atoms with E-state index in [4.69, 9.17) is 5.73 Å². The van der Waals surface area contributed by atoms with E-state index in [-0.39, 0.29) is 5.91 Å². The topological polar surface area (TPSA) is 43.1 Å². The Labute approximate surface area is 86.3 Å². The molecule has 2 N–H and O–H groups in total. The van der Waals surface area contributed by atoms with E-state index in [1.165, 1.54) is 5.56 Å². The number of aryl methyl sites for hydroxylation is 2. The number of amides is 1. The zero-order valence-corrected chi connectivity index (χ0v) is 9.10. The molecule has 0 unspecified atom stereocenters. The number of carbonyl (C=O) groups is 1. The van der Waals surface area contributed by atoms with Crippen LogP contribution in [0.2, 0.25) is 0 Å². The van der Waals surface area contributed by atoms with Crippen molar-refractivity contribution < 1.29 is 4.79 Å². The summed E-state index contributed by atoms with van der Waals surface area (Å²) in [6.07, 6.45) is 1.11. The van der Waals surface area contributed by atoms with E-state index >= 15 is 0 Å². The summed E-state index contributed by atoms with van der Waals surface area (Å²) in [5.41, 5.74) is 7.40. The number of rotatable bonds is 3. The minimum atomic E-state index is -0.257. The average molecular weight is 242 g/mol. The summed E-state index contributed by atoms with van der Waals surface area (Å²) in [5, 5.41) is 0. The quantitative estimate of drug-likeness (QED) is 0.867. The number of benzene rings is 1. The first-order chi connectivity index (χ1) is 6.09. The zero-order valence-electron chi connectivity index (χ0n) is 7.51. The van der Waals surface area contributed by atoms with Gasteiger partial charge in [-0.1, -0.05) is 28.1 Å². The Morgan fingerprint density at radius 3 is 2.77 bits per heavy atom. The SMILES string of the molecule is Cc1ccc(CCC(N)=O)c(Br)c1. The van der Waals surface area contributed by atoms with Gasteiger partial charge in [-0.05, 0) is 30.5 Å². The number of carbonyl (C=O) groups excluding carboxylic acids is 1. The molecule has 1 aromatic rings. The average Bonchev–Trinajstić information content (AvgIpc) is 2.02. The molecule has 0 saturated heterocycles. The Kier molecular flexibility index (Phi) is 3.48. The van der Waals surface area contributed by atoms with Crippen LogP contribution in [0.25, 0.3) is 0 Å². The summed E-state index contributed by atoms with van der Waals surface area (Å²) in [6, 6.07) is 6.08. The maximum atomic E-state index is 10.6. The van der Waals surface area contributed by atoms with Crippen molar-refractivity contribution in [3.8, 4) is 0 Å². The highest BCUT2D eigenvalue weighted by molar-refractivity contribution is 9.10. The monoisotopic (exact) mass is 241 g/mol. The lowest BCUT2D eigenvalue weighted by molar-refractivity contribution is -0.117. The Morgan fingerprint density at radius 2 is 2.23 bits per heavy atom. The summed E-state index contributed by atoms with van der Waals surface area (Å²) in [6.45, 7) is 2.03. The van der Waals surface area contributed by atoms with Crippen LogP contribution in [0.15, 0.2) is 22.7 Å². The van der Waals surface area contributed by atoms with Crippen LogP contribution in [0.3, 0.4) is 0 Å². The summed E-state index contributed by atoms with van der Waals surface area (Å²) in [4.78, 5) is 10.6. The van der Waals surface area contributed by atoms with Gasteiger partial charge in [-0.25, -0.2) is 0 Å². The molecule has 13 heavy (non-hydrogen) atoms. The zero-order chi connectivity index (χ0) is 9.84. The van der Waals surface area contributed by atoms with E-state index < -0.39 is 0 Å². The first-order valence-electron chi connectivity index (χ1n) is 4.13. The lowest BCUT2D eigenvalue weighted by atomic mass is 10.1. The molecule has 0 spiro atoms. The second-order valence-electron chi connectivity index (χ2n) is 3.06. The molecule has 0 aromatic heterocycles. The van der Waals surface area contributed by atoms with Gasteiger partial charge in [0.05, 0.1) is 0 Å². The third-order valence-corrected chi connectivity index (χ3v) is 2.59. The van der Waals surface area contributed by atoms with Crippen LogP contribution in [-0.4, -0.2) is 5.91 Å². The van der Waals surface area contributed by atoms with Crippen molar-refractivity contribution in [1.82, 2.24) is 0 Å². The van der Waals surface area contributed by atoms with E-state index in [0.29, 0.717) is 12.8 Å². The van der Waals surface area contributed by atoms with Gasteiger partial charge in [0.2, 0.25) is 5.91 Å². The van der Waals surface area contributed by atoms with Crippen LogP contribution in [0.5, 0.6) is 0 Å². The van der Waals surface area contributed by atoms with Crippen LogP contribution >= 0.6 is 15.9 Å². The first kappa shape index (κ1) is 10.3. The third kappa shape index (κ3) is 3.19. The van der Waals surface area contributed by atoms with Crippen LogP contribution < -0.4 is 5.73 Å². The van der Waals surface area contributed by atoms with E-state index in [0.717, 1.165) is 10.0 Å². The van der Waals surface area contributed by atoms with Crippen LogP contribution in [0, 0.1) is 6.92 Å². The number of primary amides is 1. The predicted molar refractivity (Wildman–Crippen MR) is 56.4 cm³/mol. The van der Waals surface area contributed by atoms with Crippen molar-refractivity contribution >= 4 is 21.8 Å². The summed E-state index contributed by atoms with van der Waals surface area (Å²) in [5.74, 6) is -0.257. The van der Waals surface area contributed by atoms with Crippen molar-refractivity contribution in [3.05, 3.63) is 33.8 Å². The highest BCUT2D eigenvalue weighted by Gasteiger charge is 2.01. The molecule has 0 aliphatic carbocycles.